The molecule has 0 spiro atoms. The first-order valence-corrected chi connectivity index (χ1v) is 8.36. The Hall–Kier alpha value is -1.01. The Labute approximate surface area is 141 Å². The second-order valence-corrected chi connectivity index (χ2v) is 7.55. The van der Waals surface area contributed by atoms with E-state index < -0.39 is 11.7 Å². The number of hydrogen-bond acceptors (Lipinski definition) is 4. The molecular formula is C16H27BrN2O3. The highest BCUT2D eigenvalue weighted by molar-refractivity contribution is 9.10. The molecule has 6 heteroatoms. The van der Waals surface area contributed by atoms with Crippen LogP contribution in [0.3, 0.4) is 0 Å². The van der Waals surface area contributed by atoms with Gasteiger partial charge in [0, 0.05) is 12.6 Å². The fraction of sp³-hybridized carbons (Fsp3) is 0.688. The van der Waals surface area contributed by atoms with Crippen molar-refractivity contribution in [3.05, 3.63) is 22.6 Å². The minimum atomic E-state index is -0.488. The van der Waals surface area contributed by atoms with Crippen LogP contribution in [-0.4, -0.2) is 24.3 Å². The molecule has 0 aliphatic rings. The molecule has 2 unspecified atom stereocenters. The minimum absolute atomic E-state index is 0.0548. The number of alkyl carbamates (subject to hydrolysis) is 1. The molecule has 0 saturated carbocycles. The molecule has 22 heavy (non-hydrogen) atoms. The Morgan fingerprint density at radius 1 is 1.32 bits per heavy atom. The number of halogens is 1. The van der Waals surface area contributed by atoms with E-state index in [-0.39, 0.29) is 12.1 Å². The topological polar surface area (TPSA) is 63.5 Å². The third-order valence-corrected chi connectivity index (χ3v) is 3.58. The van der Waals surface area contributed by atoms with Crippen LogP contribution in [0.15, 0.2) is 21.2 Å². The maximum Gasteiger partial charge on any atom is 0.407 e. The summed E-state index contributed by atoms with van der Waals surface area (Å²) >= 11 is 3.31. The van der Waals surface area contributed by atoms with E-state index in [0.29, 0.717) is 17.1 Å². The highest BCUT2D eigenvalue weighted by Gasteiger charge is 2.21. The Kier molecular flexibility index (Phi) is 6.94. The van der Waals surface area contributed by atoms with E-state index in [1.807, 2.05) is 39.8 Å². The first-order valence-electron chi connectivity index (χ1n) is 7.56. The maximum absolute atomic E-state index is 11.8. The van der Waals surface area contributed by atoms with Crippen molar-refractivity contribution in [1.82, 2.24) is 10.6 Å². The van der Waals surface area contributed by atoms with Crippen LogP contribution in [0.25, 0.3) is 0 Å². The summed E-state index contributed by atoms with van der Waals surface area (Å²) in [7, 11) is 0. The van der Waals surface area contributed by atoms with Crippen LogP contribution in [-0.2, 0) is 4.74 Å². The summed E-state index contributed by atoms with van der Waals surface area (Å²) in [5.74, 6) is 1.21. The van der Waals surface area contributed by atoms with Gasteiger partial charge in [-0.25, -0.2) is 4.79 Å². The molecule has 1 amide bonds. The van der Waals surface area contributed by atoms with Crippen LogP contribution in [0.1, 0.15) is 53.3 Å². The Morgan fingerprint density at radius 3 is 2.41 bits per heavy atom. The average Bonchev–Trinajstić information content (AvgIpc) is 2.78. The summed E-state index contributed by atoms with van der Waals surface area (Å²) < 4.78 is 11.5. The van der Waals surface area contributed by atoms with Crippen molar-refractivity contribution in [3.8, 4) is 0 Å². The van der Waals surface area contributed by atoms with Gasteiger partial charge in [-0.05, 0) is 61.7 Å². The number of amides is 1. The Bertz CT molecular complexity index is 480. The van der Waals surface area contributed by atoms with Crippen LogP contribution < -0.4 is 10.6 Å². The van der Waals surface area contributed by atoms with Gasteiger partial charge in [-0.15, -0.1) is 0 Å². The molecule has 0 saturated heterocycles. The number of rotatable bonds is 6. The molecule has 126 valence electrons. The zero-order valence-electron chi connectivity index (χ0n) is 14.2. The SMILES string of the molecule is CC(NC(CNC(=O)OC(C)(C)C)C(C)C)c1ccc(Br)o1. The summed E-state index contributed by atoms with van der Waals surface area (Å²) in [5, 5.41) is 6.30. The summed E-state index contributed by atoms with van der Waals surface area (Å²) in [4.78, 5) is 11.8. The quantitative estimate of drug-likeness (QED) is 0.781. The molecule has 2 N–H and O–H groups in total. The van der Waals surface area contributed by atoms with Crippen LogP contribution >= 0.6 is 15.9 Å². The van der Waals surface area contributed by atoms with Crippen molar-refractivity contribution >= 4 is 22.0 Å². The van der Waals surface area contributed by atoms with Crippen LogP contribution in [0.2, 0.25) is 0 Å². The smallest absolute Gasteiger partial charge is 0.407 e. The van der Waals surface area contributed by atoms with Crippen LogP contribution in [0, 0.1) is 5.92 Å². The molecule has 0 bridgehead atoms. The molecule has 1 aromatic heterocycles. The summed E-state index contributed by atoms with van der Waals surface area (Å²) in [6, 6.07) is 3.97. The number of ether oxygens (including phenoxy) is 1. The Morgan fingerprint density at radius 2 is 1.95 bits per heavy atom. The van der Waals surface area contributed by atoms with Crippen LogP contribution in [0.4, 0.5) is 4.79 Å². The lowest BCUT2D eigenvalue weighted by atomic mass is 10.0. The highest BCUT2D eigenvalue weighted by atomic mass is 79.9. The van der Waals surface area contributed by atoms with Gasteiger partial charge in [0.2, 0.25) is 0 Å². The molecule has 5 nitrogen and oxygen atoms in total. The third-order valence-electron chi connectivity index (χ3n) is 3.15. The number of furan rings is 1. The lowest BCUT2D eigenvalue weighted by Gasteiger charge is -2.27. The molecule has 0 aliphatic heterocycles. The first-order chi connectivity index (χ1) is 10.1. The van der Waals surface area contributed by atoms with Gasteiger partial charge in [0.15, 0.2) is 4.67 Å². The van der Waals surface area contributed by atoms with Gasteiger partial charge in [-0.2, -0.15) is 0 Å². The van der Waals surface area contributed by atoms with Gasteiger partial charge in [0.25, 0.3) is 0 Å². The van der Waals surface area contributed by atoms with E-state index >= 15 is 0 Å². The highest BCUT2D eigenvalue weighted by Crippen LogP contribution is 2.21. The van der Waals surface area contributed by atoms with E-state index in [1.54, 1.807) is 0 Å². The molecular weight excluding hydrogens is 348 g/mol. The van der Waals surface area contributed by atoms with Crippen molar-refractivity contribution in [2.45, 2.75) is 59.2 Å². The second-order valence-electron chi connectivity index (χ2n) is 6.76. The summed E-state index contributed by atoms with van der Waals surface area (Å²) in [6.45, 7) is 12.3. The normalized spacial score (nSPS) is 14.7. The lowest BCUT2D eigenvalue weighted by molar-refractivity contribution is 0.0518. The Balaban J connectivity index is 2.53. The molecule has 2 atom stereocenters. The van der Waals surface area contributed by atoms with E-state index in [0.717, 1.165) is 5.76 Å². The average molecular weight is 375 g/mol. The predicted octanol–water partition coefficient (Wildman–Crippen LogP) is 4.24. The maximum atomic E-state index is 11.8. The number of carbonyl (C=O) groups is 1. The number of carbonyl (C=O) groups excluding carboxylic acids is 1. The number of nitrogens with one attached hydrogen (secondary N) is 2. The largest absolute Gasteiger partial charge is 0.453 e. The van der Waals surface area contributed by atoms with Gasteiger partial charge in [-0.3, -0.25) is 0 Å². The molecule has 0 aromatic carbocycles. The summed E-state index contributed by atoms with van der Waals surface area (Å²) in [5.41, 5.74) is -0.488. The predicted molar refractivity (Wildman–Crippen MR) is 90.8 cm³/mol. The van der Waals surface area contributed by atoms with Crippen molar-refractivity contribution in [3.63, 3.8) is 0 Å². The standard InChI is InChI=1S/C16H27BrN2O3/c1-10(2)12(9-18-15(20)22-16(4,5)6)19-11(3)13-7-8-14(17)21-13/h7-8,10-12,19H,9H2,1-6H3,(H,18,20). The third kappa shape index (κ3) is 6.83. The molecule has 1 aromatic rings. The van der Waals surface area contributed by atoms with Gasteiger partial charge < -0.3 is 19.8 Å². The van der Waals surface area contributed by atoms with Crippen LogP contribution in [0.5, 0.6) is 0 Å². The summed E-state index contributed by atoms with van der Waals surface area (Å²) in [6.07, 6.45) is -0.395. The zero-order valence-corrected chi connectivity index (χ0v) is 15.8. The second kappa shape index (κ2) is 8.02. The number of hydrogen-bond donors (Lipinski definition) is 2. The zero-order chi connectivity index (χ0) is 16.9. The van der Waals surface area contributed by atoms with Crippen molar-refractivity contribution in [1.29, 1.82) is 0 Å². The van der Waals surface area contributed by atoms with E-state index in [9.17, 15) is 4.79 Å². The molecule has 1 heterocycles. The monoisotopic (exact) mass is 374 g/mol. The molecule has 0 radical (unpaired) electrons. The van der Waals surface area contributed by atoms with Crippen molar-refractivity contribution in [2.75, 3.05) is 6.54 Å². The fourth-order valence-electron chi connectivity index (χ4n) is 1.96. The minimum Gasteiger partial charge on any atom is -0.453 e. The van der Waals surface area contributed by atoms with Gasteiger partial charge >= 0.3 is 6.09 Å². The van der Waals surface area contributed by atoms with Gasteiger partial charge in [-0.1, -0.05) is 13.8 Å². The van der Waals surface area contributed by atoms with Crippen molar-refractivity contribution in [2.24, 2.45) is 5.92 Å². The van der Waals surface area contributed by atoms with Crippen molar-refractivity contribution < 1.29 is 13.9 Å². The molecule has 0 aliphatic carbocycles. The lowest BCUT2D eigenvalue weighted by Crippen LogP contribution is -2.46. The first kappa shape index (κ1) is 19.0. The van der Waals surface area contributed by atoms with E-state index in [1.165, 1.54) is 0 Å². The fourth-order valence-corrected chi connectivity index (χ4v) is 2.28. The van der Waals surface area contributed by atoms with E-state index in [4.69, 9.17) is 9.15 Å². The van der Waals surface area contributed by atoms with Gasteiger partial charge in [0.1, 0.15) is 11.4 Å². The molecule has 1 rings (SSSR count). The molecule has 0 fully saturated rings. The van der Waals surface area contributed by atoms with Gasteiger partial charge in [0.05, 0.1) is 6.04 Å². The van der Waals surface area contributed by atoms with E-state index in [2.05, 4.69) is 40.4 Å².